The van der Waals surface area contributed by atoms with Gasteiger partial charge in [0.2, 0.25) is 0 Å². The van der Waals surface area contributed by atoms with Crippen LogP contribution < -0.4 is 9.64 Å². The zero-order chi connectivity index (χ0) is 16.4. The van der Waals surface area contributed by atoms with Crippen LogP contribution >= 0.6 is 0 Å². The first-order chi connectivity index (χ1) is 11.1. The summed E-state index contributed by atoms with van der Waals surface area (Å²) in [6, 6.07) is 13.1. The molecule has 1 aliphatic rings. The van der Waals surface area contributed by atoms with Crippen LogP contribution in [0.4, 0.5) is 5.69 Å². The molecule has 23 heavy (non-hydrogen) atoms. The van der Waals surface area contributed by atoms with Gasteiger partial charge in [0.15, 0.2) is 0 Å². The quantitative estimate of drug-likeness (QED) is 0.794. The Morgan fingerprint density at radius 3 is 2.61 bits per heavy atom. The van der Waals surface area contributed by atoms with Gasteiger partial charge in [0.05, 0.1) is 24.4 Å². The number of hydrogen-bond donors (Lipinski definition) is 0. The molecule has 0 aromatic heterocycles. The van der Waals surface area contributed by atoms with Gasteiger partial charge in [0.25, 0.3) is 11.7 Å². The van der Waals surface area contributed by atoms with Crippen molar-refractivity contribution in [3.05, 3.63) is 59.2 Å². The fourth-order valence-electron chi connectivity index (χ4n) is 2.85. The minimum Gasteiger partial charge on any atom is -0.493 e. The van der Waals surface area contributed by atoms with Crippen LogP contribution in [0.15, 0.2) is 42.5 Å². The summed E-state index contributed by atoms with van der Waals surface area (Å²) in [5, 5.41) is 0. The van der Waals surface area contributed by atoms with E-state index in [1.807, 2.05) is 44.2 Å². The molecule has 0 fully saturated rings. The first-order valence-corrected chi connectivity index (χ1v) is 7.80. The van der Waals surface area contributed by atoms with Crippen molar-refractivity contribution in [1.29, 1.82) is 0 Å². The summed E-state index contributed by atoms with van der Waals surface area (Å²) in [6.07, 6.45) is 0.914. The standard InChI is InChI=1S/C19H19NO3/c1-3-11-23-16-10-5-4-8-14(16)12-20-17-13(2)7-6-9-15(17)18(21)19(20)22/h4-10H,3,11-12H2,1-2H3. The predicted molar refractivity (Wildman–Crippen MR) is 88.9 cm³/mol. The number of ketones is 1. The molecular formula is C19H19NO3. The normalized spacial score (nSPS) is 13.4. The number of anilines is 1. The van der Waals surface area contributed by atoms with E-state index in [1.165, 1.54) is 0 Å². The molecule has 0 saturated carbocycles. The summed E-state index contributed by atoms with van der Waals surface area (Å²) in [7, 11) is 0. The van der Waals surface area contributed by atoms with Gasteiger partial charge in [-0.15, -0.1) is 0 Å². The van der Waals surface area contributed by atoms with Crippen molar-refractivity contribution >= 4 is 17.4 Å². The average molecular weight is 309 g/mol. The van der Waals surface area contributed by atoms with E-state index in [9.17, 15) is 9.59 Å². The fraction of sp³-hybridized carbons (Fsp3) is 0.263. The number of amides is 1. The number of fused-ring (bicyclic) bond motifs is 1. The van der Waals surface area contributed by atoms with Gasteiger partial charge in [0.1, 0.15) is 5.75 Å². The Morgan fingerprint density at radius 2 is 1.83 bits per heavy atom. The van der Waals surface area contributed by atoms with Crippen molar-refractivity contribution in [1.82, 2.24) is 0 Å². The summed E-state index contributed by atoms with van der Waals surface area (Å²) in [6.45, 7) is 4.92. The molecule has 0 saturated heterocycles. The minimum atomic E-state index is -0.473. The second-order valence-electron chi connectivity index (χ2n) is 5.65. The van der Waals surface area contributed by atoms with Crippen LogP contribution in [0.5, 0.6) is 5.75 Å². The Morgan fingerprint density at radius 1 is 1.04 bits per heavy atom. The van der Waals surface area contributed by atoms with Crippen molar-refractivity contribution in [3.63, 3.8) is 0 Å². The number of ether oxygens (including phenoxy) is 1. The molecule has 1 heterocycles. The smallest absolute Gasteiger partial charge is 0.299 e. The molecule has 0 aliphatic carbocycles. The number of aryl methyl sites for hydroxylation is 1. The molecule has 118 valence electrons. The van der Waals surface area contributed by atoms with Gasteiger partial charge in [-0.25, -0.2) is 0 Å². The summed E-state index contributed by atoms with van der Waals surface area (Å²) >= 11 is 0. The van der Waals surface area contributed by atoms with E-state index >= 15 is 0 Å². The number of carbonyl (C=O) groups excluding carboxylic acids is 2. The monoisotopic (exact) mass is 309 g/mol. The number of para-hydroxylation sites is 2. The van der Waals surface area contributed by atoms with Crippen molar-refractivity contribution in [2.75, 3.05) is 11.5 Å². The number of hydrogen-bond acceptors (Lipinski definition) is 3. The molecule has 0 bridgehead atoms. The van der Waals surface area contributed by atoms with Crippen molar-refractivity contribution in [3.8, 4) is 5.75 Å². The molecule has 0 radical (unpaired) electrons. The van der Waals surface area contributed by atoms with E-state index in [0.717, 1.165) is 23.3 Å². The van der Waals surface area contributed by atoms with E-state index in [1.54, 1.807) is 17.0 Å². The Balaban J connectivity index is 1.96. The number of rotatable bonds is 5. The van der Waals surface area contributed by atoms with E-state index < -0.39 is 11.7 Å². The highest BCUT2D eigenvalue weighted by molar-refractivity contribution is 6.52. The number of carbonyl (C=O) groups is 2. The maximum absolute atomic E-state index is 12.4. The maximum Gasteiger partial charge on any atom is 0.299 e. The molecule has 1 aliphatic heterocycles. The van der Waals surface area contributed by atoms with E-state index in [0.29, 0.717) is 24.4 Å². The summed E-state index contributed by atoms with van der Waals surface area (Å²) in [5.41, 5.74) is 3.03. The molecule has 0 atom stereocenters. The SMILES string of the molecule is CCCOc1ccccc1CN1C(=O)C(=O)c2cccc(C)c21. The van der Waals surface area contributed by atoms with E-state index in [-0.39, 0.29) is 0 Å². The lowest BCUT2D eigenvalue weighted by atomic mass is 10.1. The van der Waals surface area contributed by atoms with Gasteiger partial charge >= 0.3 is 0 Å². The second kappa shape index (κ2) is 6.24. The zero-order valence-electron chi connectivity index (χ0n) is 13.3. The third-order valence-electron chi connectivity index (χ3n) is 3.95. The second-order valence-corrected chi connectivity index (χ2v) is 5.65. The molecule has 0 spiro atoms. The number of benzene rings is 2. The van der Waals surface area contributed by atoms with Crippen LogP contribution in [-0.4, -0.2) is 18.3 Å². The van der Waals surface area contributed by atoms with Gasteiger partial charge in [-0.3, -0.25) is 14.5 Å². The topological polar surface area (TPSA) is 46.6 Å². The van der Waals surface area contributed by atoms with Crippen LogP contribution in [0.1, 0.15) is 34.8 Å². The van der Waals surface area contributed by atoms with E-state index in [2.05, 4.69) is 0 Å². The van der Waals surface area contributed by atoms with Crippen LogP contribution in [0, 0.1) is 6.92 Å². The minimum absolute atomic E-state index is 0.336. The van der Waals surface area contributed by atoms with Gasteiger partial charge < -0.3 is 4.74 Å². The molecule has 2 aromatic rings. The predicted octanol–water partition coefficient (Wildman–Crippen LogP) is 3.51. The highest BCUT2D eigenvalue weighted by Gasteiger charge is 2.36. The lowest BCUT2D eigenvalue weighted by Crippen LogP contribution is -2.29. The lowest BCUT2D eigenvalue weighted by Gasteiger charge is -2.20. The lowest BCUT2D eigenvalue weighted by molar-refractivity contribution is -0.114. The third-order valence-corrected chi connectivity index (χ3v) is 3.95. The molecule has 2 aromatic carbocycles. The molecule has 1 amide bonds. The average Bonchev–Trinajstić information content (AvgIpc) is 2.80. The van der Waals surface area contributed by atoms with Crippen LogP contribution in [-0.2, 0) is 11.3 Å². The zero-order valence-corrected chi connectivity index (χ0v) is 13.3. The van der Waals surface area contributed by atoms with Crippen LogP contribution in [0.3, 0.4) is 0 Å². The molecule has 4 nitrogen and oxygen atoms in total. The summed E-state index contributed by atoms with van der Waals surface area (Å²) in [4.78, 5) is 26.1. The summed E-state index contributed by atoms with van der Waals surface area (Å²) < 4.78 is 5.75. The molecule has 0 unspecified atom stereocenters. The molecule has 0 N–H and O–H groups in total. The van der Waals surface area contributed by atoms with Gasteiger partial charge in [-0.1, -0.05) is 37.3 Å². The Hall–Kier alpha value is -2.62. The molecule has 4 heteroatoms. The van der Waals surface area contributed by atoms with Crippen LogP contribution in [0.2, 0.25) is 0 Å². The molecular weight excluding hydrogens is 290 g/mol. The van der Waals surface area contributed by atoms with Crippen LogP contribution in [0.25, 0.3) is 0 Å². The fourth-order valence-corrected chi connectivity index (χ4v) is 2.85. The Labute approximate surface area is 135 Å². The number of Topliss-reactive ketones (excluding diaryl/α,β-unsaturated/α-hetero) is 1. The highest BCUT2D eigenvalue weighted by atomic mass is 16.5. The Bertz CT molecular complexity index is 767. The van der Waals surface area contributed by atoms with Gasteiger partial charge in [-0.05, 0) is 31.0 Å². The van der Waals surface area contributed by atoms with Gasteiger partial charge in [0, 0.05) is 5.56 Å². The highest BCUT2D eigenvalue weighted by Crippen LogP contribution is 2.34. The van der Waals surface area contributed by atoms with Crippen molar-refractivity contribution in [2.45, 2.75) is 26.8 Å². The molecule has 3 rings (SSSR count). The van der Waals surface area contributed by atoms with Crippen molar-refractivity contribution in [2.24, 2.45) is 0 Å². The van der Waals surface area contributed by atoms with Crippen molar-refractivity contribution < 1.29 is 14.3 Å². The van der Waals surface area contributed by atoms with Gasteiger partial charge in [-0.2, -0.15) is 0 Å². The maximum atomic E-state index is 12.4. The first kappa shape index (κ1) is 15.3. The number of nitrogens with zero attached hydrogens (tertiary/aromatic N) is 1. The largest absolute Gasteiger partial charge is 0.493 e. The summed E-state index contributed by atoms with van der Waals surface area (Å²) in [5.74, 6) is -0.146. The Kier molecular flexibility index (Phi) is 4.15. The van der Waals surface area contributed by atoms with E-state index in [4.69, 9.17) is 4.74 Å². The third kappa shape index (κ3) is 2.72. The first-order valence-electron chi connectivity index (χ1n) is 7.80.